The molecule has 3 aromatic carbocycles. The Kier molecular flexibility index (Phi) is 8.25. The van der Waals surface area contributed by atoms with Crippen LogP contribution in [-0.4, -0.2) is 35.3 Å². The molecule has 0 aliphatic heterocycles. The number of aliphatic hydroxyl groups excluding tert-OH is 2. The lowest BCUT2D eigenvalue weighted by molar-refractivity contribution is -0.123. The molecule has 0 spiro atoms. The van der Waals surface area contributed by atoms with Crippen molar-refractivity contribution in [3.8, 4) is 5.75 Å². The monoisotopic (exact) mass is 638 g/mol. The summed E-state index contributed by atoms with van der Waals surface area (Å²) in [6.45, 7) is 1.12. The molecule has 0 bridgehead atoms. The molecule has 11 heteroatoms. The van der Waals surface area contributed by atoms with Crippen LogP contribution in [0.25, 0.3) is 10.2 Å². The number of nitrogens with one attached hydrogen (secondary N) is 1. The molecule has 0 saturated heterocycles. The van der Waals surface area contributed by atoms with Crippen LogP contribution in [0.3, 0.4) is 0 Å². The first-order chi connectivity index (χ1) is 17.2. The van der Waals surface area contributed by atoms with Gasteiger partial charge in [-0.25, -0.2) is 13.4 Å². The van der Waals surface area contributed by atoms with Gasteiger partial charge in [-0.05, 0) is 70.1 Å². The zero-order valence-corrected chi connectivity index (χ0v) is 22.9. The first-order valence-electron chi connectivity index (χ1n) is 10.9. The van der Waals surface area contributed by atoms with Crippen molar-refractivity contribution in [3.63, 3.8) is 0 Å². The SMILES string of the molecule is CCS(=O)(=O)c1ccc(C(Oc2ccccc2I)C(=O)Nc2nc3cc(CO)c(CO)cc3s2)cc1. The lowest BCUT2D eigenvalue weighted by Crippen LogP contribution is -2.26. The van der Waals surface area contributed by atoms with Crippen LogP contribution in [0.5, 0.6) is 5.75 Å². The molecule has 0 radical (unpaired) electrons. The second-order valence-corrected chi connectivity index (χ2v) is 12.3. The molecule has 1 heterocycles. The Balaban J connectivity index is 1.67. The normalized spacial score (nSPS) is 12.4. The fraction of sp³-hybridized carbons (Fsp3) is 0.200. The number of anilines is 1. The molecule has 8 nitrogen and oxygen atoms in total. The van der Waals surface area contributed by atoms with E-state index in [4.69, 9.17) is 4.74 Å². The fourth-order valence-electron chi connectivity index (χ4n) is 3.53. The number of para-hydroxylation sites is 1. The Morgan fingerprint density at radius 3 is 2.39 bits per heavy atom. The van der Waals surface area contributed by atoms with Gasteiger partial charge >= 0.3 is 0 Å². The number of amides is 1. The molecule has 36 heavy (non-hydrogen) atoms. The molecular formula is C25H23IN2O6S2. The summed E-state index contributed by atoms with van der Waals surface area (Å²) in [6, 6.07) is 16.8. The minimum atomic E-state index is -3.39. The predicted octanol–water partition coefficient (Wildman–Crippen LogP) is 4.44. The number of nitrogens with zero attached hydrogens (tertiary/aromatic N) is 1. The van der Waals surface area contributed by atoms with Gasteiger partial charge in [0.2, 0.25) is 6.10 Å². The van der Waals surface area contributed by atoms with Crippen molar-refractivity contribution < 1.29 is 28.2 Å². The zero-order chi connectivity index (χ0) is 25.9. The zero-order valence-electron chi connectivity index (χ0n) is 19.1. The molecule has 188 valence electrons. The van der Waals surface area contributed by atoms with E-state index in [2.05, 4.69) is 32.9 Å². The fourth-order valence-corrected chi connectivity index (χ4v) is 5.85. The first-order valence-corrected chi connectivity index (χ1v) is 14.5. The van der Waals surface area contributed by atoms with Gasteiger partial charge in [0.1, 0.15) is 5.75 Å². The highest BCUT2D eigenvalue weighted by Crippen LogP contribution is 2.32. The molecule has 1 atom stereocenters. The van der Waals surface area contributed by atoms with E-state index in [0.717, 1.165) is 8.27 Å². The van der Waals surface area contributed by atoms with E-state index in [-0.39, 0.29) is 23.9 Å². The molecule has 0 aliphatic carbocycles. The third-order valence-corrected chi connectivity index (χ3v) is 9.10. The standard InChI is InChI=1S/C25H23IN2O6S2/c1-2-36(32,33)18-9-7-15(8-10-18)23(34-21-6-4-3-5-19(21)26)24(31)28-25-27-20-11-16(13-29)17(14-30)12-22(20)35-25/h3-12,23,29-30H,2,13-14H2,1H3,(H,27,28,31). The van der Waals surface area contributed by atoms with E-state index in [0.29, 0.717) is 33.1 Å². The van der Waals surface area contributed by atoms with Crippen LogP contribution in [-0.2, 0) is 27.8 Å². The summed E-state index contributed by atoms with van der Waals surface area (Å²) < 4.78 is 32.1. The third kappa shape index (κ3) is 5.70. The van der Waals surface area contributed by atoms with E-state index in [9.17, 15) is 23.4 Å². The molecule has 0 fully saturated rings. The highest BCUT2D eigenvalue weighted by molar-refractivity contribution is 14.1. The number of halogens is 1. The van der Waals surface area contributed by atoms with Crippen molar-refractivity contribution in [2.24, 2.45) is 0 Å². The summed E-state index contributed by atoms with van der Waals surface area (Å²) in [7, 11) is -3.39. The average Bonchev–Trinajstić information content (AvgIpc) is 3.28. The van der Waals surface area contributed by atoms with Crippen LogP contribution in [0, 0.1) is 3.57 Å². The molecule has 0 aliphatic rings. The van der Waals surface area contributed by atoms with Crippen molar-refractivity contribution in [2.45, 2.75) is 31.1 Å². The quantitative estimate of drug-likeness (QED) is 0.232. The highest BCUT2D eigenvalue weighted by atomic mass is 127. The van der Waals surface area contributed by atoms with Crippen LogP contribution in [0.4, 0.5) is 5.13 Å². The predicted molar refractivity (Wildman–Crippen MR) is 147 cm³/mol. The van der Waals surface area contributed by atoms with Crippen molar-refractivity contribution in [1.82, 2.24) is 4.98 Å². The maximum Gasteiger partial charge on any atom is 0.271 e. The number of sulfone groups is 1. The van der Waals surface area contributed by atoms with Gasteiger partial charge in [-0.3, -0.25) is 10.1 Å². The van der Waals surface area contributed by atoms with Gasteiger partial charge in [0.25, 0.3) is 5.91 Å². The number of aliphatic hydroxyl groups is 2. The van der Waals surface area contributed by atoms with E-state index in [1.54, 1.807) is 43.3 Å². The second-order valence-electron chi connectivity index (χ2n) is 7.81. The largest absolute Gasteiger partial charge is 0.475 e. The second kappa shape index (κ2) is 11.2. The molecule has 4 aromatic rings. The number of benzene rings is 3. The van der Waals surface area contributed by atoms with Crippen LogP contribution in [0.2, 0.25) is 0 Å². The molecule has 1 aromatic heterocycles. The number of fused-ring (bicyclic) bond motifs is 1. The lowest BCUT2D eigenvalue weighted by atomic mass is 10.1. The van der Waals surface area contributed by atoms with Crippen LogP contribution in [0.1, 0.15) is 29.7 Å². The number of carbonyl (C=O) groups excluding carboxylic acids is 1. The number of hydrogen-bond acceptors (Lipinski definition) is 8. The van der Waals surface area contributed by atoms with Gasteiger partial charge in [0.15, 0.2) is 15.0 Å². The van der Waals surface area contributed by atoms with E-state index in [1.807, 2.05) is 12.1 Å². The minimum absolute atomic E-state index is 0.0252. The average molecular weight is 639 g/mol. The van der Waals surface area contributed by atoms with Gasteiger partial charge in [0, 0.05) is 5.56 Å². The number of hydrogen-bond donors (Lipinski definition) is 3. The number of thiazole rings is 1. The van der Waals surface area contributed by atoms with Crippen LogP contribution < -0.4 is 10.1 Å². The van der Waals surface area contributed by atoms with E-state index >= 15 is 0 Å². The van der Waals surface area contributed by atoms with E-state index < -0.39 is 21.8 Å². The highest BCUT2D eigenvalue weighted by Gasteiger charge is 2.26. The van der Waals surface area contributed by atoms with Crippen molar-refractivity contribution in [3.05, 3.63) is 80.9 Å². The summed E-state index contributed by atoms with van der Waals surface area (Å²) >= 11 is 3.35. The maximum atomic E-state index is 13.4. The number of aromatic nitrogens is 1. The molecule has 1 unspecified atom stereocenters. The number of rotatable bonds is 9. The van der Waals surface area contributed by atoms with Crippen molar-refractivity contribution >= 4 is 65.0 Å². The number of carbonyl (C=O) groups is 1. The van der Waals surface area contributed by atoms with Crippen LogP contribution in [0.15, 0.2) is 65.6 Å². The van der Waals surface area contributed by atoms with Gasteiger partial charge in [-0.15, -0.1) is 0 Å². The van der Waals surface area contributed by atoms with Crippen molar-refractivity contribution in [2.75, 3.05) is 11.1 Å². The molecule has 0 saturated carbocycles. The maximum absolute atomic E-state index is 13.4. The lowest BCUT2D eigenvalue weighted by Gasteiger charge is -2.19. The van der Waals surface area contributed by atoms with Crippen LogP contribution >= 0.6 is 33.9 Å². The van der Waals surface area contributed by atoms with Gasteiger partial charge in [0.05, 0.1) is 37.6 Å². The van der Waals surface area contributed by atoms with Crippen molar-refractivity contribution in [1.29, 1.82) is 0 Å². The topological polar surface area (TPSA) is 126 Å². The molecule has 4 rings (SSSR count). The third-order valence-electron chi connectivity index (χ3n) is 5.52. The Bertz CT molecular complexity index is 1460. The molecular weight excluding hydrogens is 615 g/mol. The molecule has 3 N–H and O–H groups in total. The first kappa shape index (κ1) is 26.5. The smallest absolute Gasteiger partial charge is 0.271 e. The van der Waals surface area contributed by atoms with Gasteiger partial charge in [-0.1, -0.05) is 42.5 Å². The van der Waals surface area contributed by atoms with Gasteiger partial charge < -0.3 is 14.9 Å². The summed E-state index contributed by atoms with van der Waals surface area (Å²) in [6.07, 6.45) is -1.08. The molecule has 1 amide bonds. The Morgan fingerprint density at radius 2 is 1.75 bits per heavy atom. The van der Waals surface area contributed by atoms with Gasteiger partial charge in [-0.2, -0.15) is 0 Å². The summed E-state index contributed by atoms with van der Waals surface area (Å²) in [5, 5.41) is 22.2. The Morgan fingerprint density at radius 1 is 1.08 bits per heavy atom. The minimum Gasteiger partial charge on any atom is -0.475 e. The summed E-state index contributed by atoms with van der Waals surface area (Å²) in [5.74, 6) is 0.000283. The summed E-state index contributed by atoms with van der Waals surface area (Å²) in [5.41, 5.74) is 2.22. The Hall–Kier alpha value is -2.58. The summed E-state index contributed by atoms with van der Waals surface area (Å²) in [4.78, 5) is 18.0. The number of ether oxygens (including phenoxy) is 1. The Labute approximate surface area is 226 Å². The van der Waals surface area contributed by atoms with E-state index in [1.165, 1.54) is 23.5 Å².